The van der Waals surface area contributed by atoms with Crippen molar-refractivity contribution in [3.05, 3.63) is 54.8 Å². The van der Waals surface area contributed by atoms with E-state index in [0.29, 0.717) is 11.3 Å². The molecule has 0 saturated heterocycles. The fourth-order valence-electron chi connectivity index (χ4n) is 2.04. The largest absolute Gasteiger partial charge is 0.503 e. The van der Waals surface area contributed by atoms with Crippen molar-refractivity contribution in [2.75, 3.05) is 7.11 Å². The molecule has 1 aromatic heterocycles. The number of aryl methyl sites for hydroxylation is 1. The van der Waals surface area contributed by atoms with Crippen molar-refractivity contribution in [1.29, 1.82) is 0 Å². The van der Waals surface area contributed by atoms with E-state index in [1.54, 1.807) is 6.07 Å². The normalized spacial score (nSPS) is 10.8. The van der Waals surface area contributed by atoms with Crippen LogP contribution in [0.5, 0.6) is 11.5 Å². The van der Waals surface area contributed by atoms with Gasteiger partial charge in [0.2, 0.25) is 5.91 Å². The molecule has 0 aliphatic heterocycles. The number of aromatic hydroxyl groups is 1. The maximum Gasteiger partial charge on any atom is 0.325 e. The number of carbonyl (C=O) groups excluding carboxylic acids is 1. The van der Waals surface area contributed by atoms with Crippen LogP contribution in [0, 0.1) is 6.92 Å². The van der Waals surface area contributed by atoms with Gasteiger partial charge >= 0.3 is 5.69 Å². The molecule has 9 nitrogen and oxygen atoms in total. The van der Waals surface area contributed by atoms with Crippen LogP contribution in [0.2, 0.25) is 5.02 Å². The predicted molar refractivity (Wildman–Crippen MR) is 91.5 cm³/mol. The van der Waals surface area contributed by atoms with E-state index >= 15 is 0 Å². The molecule has 0 radical (unpaired) electrons. The smallest absolute Gasteiger partial charge is 0.325 e. The van der Waals surface area contributed by atoms with E-state index in [2.05, 4.69) is 15.5 Å². The fraction of sp³-hybridized carbons (Fsp3) is 0.200. The first-order valence-electron chi connectivity index (χ1n) is 7.03. The first-order valence-corrected chi connectivity index (χ1v) is 7.40. The quantitative estimate of drug-likeness (QED) is 0.449. The molecule has 4 N–H and O–H groups in total. The highest BCUT2D eigenvalue weighted by Crippen LogP contribution is 2.35. The molecule has 0 fully saturated rings. The first kappa shape index (κ1) is 18.3. The molecular weight excluding hydrogens is 352 g/mol. The van der Waals surface area contributed by atoms with Crippen molar-refractivity contribution in [3.8, 4) is 11.5 Å². The van der Waals surface area contributed by atoms with Crippen molar-refractivity contribution in [2.24, 2.45) is 5.10 Å². The Morgan fingerprint density at radius 1 is 1.40 bits per heavy atom. The summed E-state index contributed by atoms with van der Waals surface area (Å²) < 4.78 is 4.91. The number of nitrogens with one attached hydrogen (secondary N) is 3. The van der Waals surface area contributed by atoms with Crippen molar-refractivity contribution >= 4 is 23.7 Å². The molecule has 132 valence electrons. The lowest BCUT2D eigenvalue weighted by Gasteiger charge is -2.06. The molecule has 25 heavy (non-hydrogen) atoms. The molecular formula is C15H15ClN4O5. The Hall–Kier alpha value is -3.07. The van der Waals surface area contributed by atoms with Gasteiger partial charge in [-0.25, -0.2) is 10.2 Å². The first-order chi connectivity index (χ1) is 11.8. The van der Waals surface area contributed by atoms with E-state index in [-0.39, 0.29) is 28.5 Å². The third kappa shape index (κ3) is 4.27. The van der Waals surface area contributed by atoms with Crippen molar-refractivity contribution in [2.45, 2.75) is 13.3 Å². The zero-order valence-corrected chi connectivity index (χ0v) is 14.1. The lowest BCUT2D eigenvalue weighted by Crippen LogP contribution is -2.30. The number of carbonyl (C=O) groups is 1. The molecule has 2 rings (SSSR count). The standard InChI is InChI=1S/C15H15ClN4O5/c1-7-9(14(23)19-15(24)18-7)5-11(21)20-17-6-8-3-4-10(25-2)13(22)12(8)16/h3-4,6,22H,5H2,1-2H3,(H,20,21)(H2,18,19,23,24)/b17-6-. The number of amides is 1. The molecule has 0 bridgehead atoms. The molecule has 0 aliphatic carbocycles. The number of aromatic amines is 2. The molecule has 0 saturated carbocycles. The third-order valence-corrected chi connectivity index (χ3v) is 3.71. The number of ether oxygens (including phenoxy) is 1. The van der Waals surface area contributed by atoms with Crippen molar-refractivity contribution < 1.29 is 14.6 Å². The highest BCUT2D eigenvalue weighted by molar-refractivity contribution is 6.34. The Morgan fingerprint density at radius 2 is 2.12 bits per heavy atom. The SMILES string of the molecule is COc1ccc(/C=N\NC(=O)Cc2c(C)[nH]c(=O)[nH]c2=O)c(Cl)c1O. The number of phenolic OH excluding ortho intramolecular Hbond substituents is 1. The molecule has 0 atom stereocenters. The lowest BCUT2D eigenvalue weighted by molar-refractivity contribution is -0.120. The van der Waals surface area contributed by atoms with Crippen LogP contribution in [-0.2, 0) is 11.2 Å². The average molecular weight is 367 g/mol. The van der Waals surface area contributed by atoms with Crippen molar-refractivity contribution in [1.82, 2.24) is 15.4 Å². The monoisotopic (exact) mass is 366 g/mol. The molecule has 1 heterocycles. The Kier molecular flexibility index (Phi) is 5.60. The molecule has 1 amide bonds. The van der Waals surface area contributed by atoms with E-state index < -0.39 is 17.2 Å². The van der Waals surface area contributed by atoms with Crippen LogP contribution in [0.25, 0.3) is 0 Å². The second-order valence-corrected chi connectivity index (χ2v) is 5.38. The second kappa shape index (κ2) is 7.67. The van der Waals surface area contributed by atoms with Crippen LogP contribution >= 0.6 is 11.6 Å². The minimum absolute atomic E-state index is 0.0188. The van der Waals surface area contributed by atoms with Gasteiger partial charge in [0, 0.05) is 16.8 Å². The number of hydrogen-bond donors (Lipinski definition) is 4. The van der Waals surface area contributed by atoms with Gasteiger partial charge in [0.25, 0.3) is 5.56 Å². The molecule has 0 spiro atoms. The van der Waals surface area contributed by atoms with E-state index in [9.17, 15) is 19.5 Å². The highest BCUT2D eigenvalue weighted by Gasteiger charge is 2.12. The number of hydrazone groups is 1. The number of H-pyrrole nitrogens is 2. The summed E-state index contributed by atoms with van der Waals surface area (Å²) in [6.45, 7) is 1.52. The van der Waals surface area contributed by atoms with E-state index in [1.165, 1.54) is 26.3 Å². The van der Waals surface area contributed by atoms with Gasteiger partial charge in [0.15, 0.2) is 11.5 Å². The number of halogens is 1. The van der Waals surface area contributed by atoms with E-state index in [4.69, 9.17) is 16.3 Å². The molecule has 10 heteroatoms. The fourth-order valence-corrected chi connectivity index (χ4v) is 2.24. The number of aromatic nitrogens is 2. The Bertz CT molecular complexity index is 948. The summed E-state index contributed by atoms with van der Waals surface area (Å²) in [6.07, 6.45) is 0.972. The summed E-state index contributed by atoms with van der Waals surface area (Å²) in [5.74, 6) is -0.598. The van der Waals surface area contributed by atoms with Crippen LogP contribution in [0.15, 0.2) is 26.8 Å². The topological polar surface area (TPSA) is 137 Å². The summed E-state index contributed by atoms with van der Waals surface area (Å²) in [6, 6.07) is 3.04. The van der Waals surface area contributed by atoms with Gasteiger partial charge in [0.05, 0.1) is 24.8 Å². The maximum atomic E-state index is 11.9. The van der Waals surface area contributed by atoms with Gasteiger partial charge in [-0.1, -0.05) is 11.6 Å². The zero-order valence-electron chi connectivity index (χ0n) is 13.3. The maximum absolute atomic E-state index is 11.9. The van der Waals surface area contributed by atoms with Gasteiger partial charge in [0.1, 0.15) is 0 Å². The number of methoxy groups -OCH3 is 1. The minimum Gasteiger partial charge on any atom is -0.503 e. The van der Waals surface area contributed by atoms with E-state index in [1.807, 2.05) is 4.98 Å². The van der Waals surface area contributed by atoms with Crippen LogP contribution in [0.3, 0.4) is 0 Å². The Morgan fingerprint density at radius 3 is 2.76 bits per heavy atom. The van der Waals surface area contributed by atoms with Gasteiger partial charge < -0.3 is 14.8 Å². The third-order valence-electron chi connectivity index (χ3n) is 3.31. The van der Waals surface area contributed by atoms with Crippen LogP contribution < -0.4 is 21.4 Å². The number of nitrogens with zero attached hydrogens (tertiary/aromatic N) is 1. The number of benzene rings is 1. The minimum atomic E-state index is -0.640. The molecule has 1 aromatic carbocycles. The van der Waals surface area contributed by atoms with E-state index in [0.717, 1.165) is 0 Å². The number of phenols is 1. The summed E-state index contributed by atoms with van der Waals surface area (Å²) in [4.78, 5) is 39.1. The average Bonchev–Trinajstić information content (AvgIpc) is 2.55. The summed E-state index contributed by atoms with van der Waals surface area (Å²) in [7, 11) is 1.39. The van der Waals surface area contributed by atoms with Crippen LogP contribution in [0.4, 0.5) is 0 Å². The Labute approximate surface area is 146 Å². The predicted octanol–water partition coefficient (Wildman–Crippen LogP) is 0.432. The lowest BCUT2D eigenvalue weighted by atomic mass is 10.1. The molecule has 2 aromatic rings. The van der Waals surface area contributed by atoms with Gasteiger partial charge in [-0.05, 0) is 19.1 Å². The zero-order chi connectivity index (χ0) is 18.6. The van der Waals surface area contributed by atoms with Gasteiger partial charge in [-0.15, -0.1) is 0 Å². The van der Waals surface area contributed by atoms with Crippen molar-refractivity contribution in [3.63, 3.8) is 0 Å². The highest BCUT2D eigenvalue weighted by atomic mass is 35.5. The van der Waals surface area contributed by atoms with Crippen LogP contribution in [-0.4, -0.2) is 34.3 Å². The number of hydrogen-bond acceptors (Lipinski definition) is 6. The van der Waals surface area contributed by atoms with Gasteiger partial charge in [-0.2, -0.15) is 5.10 Å². The second-order valence-electron chi connectivity index (χ2n) is 5.00. The van der Waals surface area contributed by atoms with Crippen LogP contribution in [0.1, 0.15) is 16.8 Å². The van der Waals surface area contributed by atoms with Gasteiger partial charge in [-0.3, -0.25) is 14.6 Å². The summed E-state index contributed by atoms with van der Waals surface area (Å²) in [5.41, 5.74) is 1.76. The Balaban J connectivity index is 2.08. The number of rotatable bonds is 5. The summed E-state index contributed by atoms with van der Waals surface area (Å²) >= 11 is 5.97. The molecule has 0 unspecified atom stereocenters. The summed E-state index contributed by atoms with van der Waals surface area (Å²) in [5, 5.41) is 13.5. The molecule has 0 aliphatic rings.